The Bertz CT molecular complexity index is 611. The van der Waals surface area contributed by atoms with Crippen molar-refractivity contribution in [3.05, 3.63) is 47.2 Å². The van der Waals surface area contributed by atoms with E-state index in [-0.39, 0.29) is 6.61 Å². The Balaban J connectivity index is 2.34. The van der Waals surface area contributed by atoms with E-state index in [1.165, 1.54) is 0 Å². The van der Waals surface area contributed by atoms with Gasteiger partial charge in [0.1, 0.15) is 0 Å². The average molecular weight is 287 g/mol. The van der Waals surface area contributed by atoms with E-state index in [1.807, 2.05) is 44.2 Å². The van der Waals surface area contributed by atoms with Gasteiger partial charge in [0.25, 0.3) is 0 Å². The van der Waals surface area contributed by atoms with Crippen molar-refractivity contribution in [2.45, 2.75) is 33.8 Å². The van der Waals surface area contributed by atoms with Crippen LogP contribution in [0.4, 0.5) is 0 Å². The Kier molecular flexibility index (Phi) is 5.17. The van der Waals surface area contributed by atoms with Gasteiger partial charge >= 0.3 is 0 Å². The number of aliphatic hydroxyl groups excluding tert-OH is 1. The Labute approximate surface area is 125 Å². The van der Waals surface area contributed by atoms with Crippen LogP contribution in [0, 0.1) is 13.8 Å². The maximum absolute atomic E-state index is 9.53. The highest BCUT2D eigenvalue weighted by Crippen LogP contribution is 2.33. The summed E-state index contributed by atoms with van der Waals surface area (Å²) in [6.07, 6.45) is 0.929. The third-order valence-corrected chi connectivity index (χ3v) is 3.11. The van der Waals surface area contributed by atoms with Crippen molar-refractivity contribution < 1.29 is 14.6 Å². The molecule has 2 rings (SSSR count). The van der Waals surface area contributed by atoms with Gasteiger partial charge in [-0.2, -0.15) is 0 Å². The molecular formula is C17H21NO3. The molecule has 0 amide bonds. The summed E-state index contributed by atoms with van der Waals surface area (Å²) < 4.78 is 11.6. The van der Waals surface area contributed by atoms with Gasteiger partial charge in [0.05, 0.1) is 13.2 Å². The SMILES string of the molecule is CCCOc1ccccc1Oc1nc(C)cc(C)c1CO. The number of para-hydroxylation sites is 2. The molecule has 0 fully saturated rings. The largest absolute Gasteiger partial charge is 0.490 e. The number of aliphatic hydroxyl groups is 1. The van der Waals surface area contributed by atoms with Crippen LogP contribution in [0.5, 0.6) is 17.4 Å². The maximum Gasteiger partial charge on any atom is 0.225 e. The summed E-state index contributed by atoms with van der Waals surface area (Å²) >= 11 is 0. The van der Waals surface area contributed by atoms with Crippen LogP contribution in [0.15, 0.2) is 30.3 Å². The topological polar surface area (TPSA) is 51.6 Å². The minimum absolute atomic E-state index is 0.105. The summed E-state index contributed by atoms with van der Waals surface area (Å²) in [5, 5.41) is 9.53. The standard InChI is InChI=1S/C17H21NO3/c1-4-9-20-15-7-5-6-8-16(15)21-17-14(11-19)12(2)10-13(3)18-17/h5-8,10,19H,4,9,11H2,1-3H3. The Morgan fingerprint density at radius 1 is 1.14 bits per heavy atom. The van der Waals surface area contributed by atoms with E-state index in [2.05, 4.69) is 11.9 Å². The quantitative estimate of drug-likeness (QED) is 0.878. The lowest BCUT2D eigenvalue weighted by Gasteiger charge is -2.15. The van der Waals surface area contributed by atoms with E-state index in [1.54, 1.807) is 0 Å². The number of aromatic nitrogens is 1. The number of benzene rings is 1. The number of rotatable bonds is 6. The minimum Gasteiger partial charge on any atom is -0.490 e. The van der Waals surface area contributed by atoms with E-state index in [4.69, 9.17) is 9.47 Å². The number of hydrogen-bond donors (Lipinski definition) is 1. The molecule has 0 atom stereocenters. The van der Waals surface area contributed by atoms with Gasteiger partial charge in [-0.15, -0.1) is 0 Å². The molecule has 0 unspecified atom stereocenters. The number of hydrogen-bond acceptors (Lipinski definition) is 4. The van der Waals surface area contributed by atoms with Crippen molar-refractivity contribution in [2.24, 2.45) is 0 Å². The van der Waals surface area contributed by atoms with Gasteiger partial charge in [0, 0.05) is 11.3 Å². The lowest BCUT2D eigenvalue weighted by Crippen LogP contribution is -2.02. The molecule has 0 saturated carbocycles. The van der Waals surface area contributed by atoms with Gasteiger partial charge in [-0.25, -0.2) is 4.98 Å². The molecule has 2 aromatic rings. The van der Waals surface area contributed by atoms with Gasteiger partial charge in [-0.3, -0.25) is 0 Å². The smallest absolute Gasteiger partial charge is 0.225 e. The van der Waals surface area contributed by atoms with E-state index in [0.717, 1.165) is 17.7 Å². The van der Waals surface area contributed by atoms with Crippen LogP contribution in [0.2, 0.25) is 0 Å². The van der Waals surface area contributed by atoms with E-state index in [0.29, 0.717) is 29.5 Å². The number of aryl methyl sites for hydroxylation is 2. The zero-order valence-corrected chi connectivity index (χ0v) is 12.7. The van der Waals surface area contributed by atoms with Crippen LogP contribution < -0.4 is 9.47 Å². The summed E-state index contributed by atoms with van der Waals surface area (Å²) in [5.41, 5.74) is 2.52. The summed E-state index contributed by atoms with van der Waals surface area (Å²) in [7, 11) is 0. The van der Waals surface area contributed by atoms with E-state index >= 15 is 0 Å². The lowest BCUT2D eigenvalue weighted by atomic mass is 10.1. The van der Waals surface area contributed by atoms with Crippen LogP contribution in [0.1, 0.15) is 30.2 Å². The molecule has 4 heteroatoms. The van der Waals surface area contributed by atoms with Crippen LogP contribution in [0.25, 0.3) is 0 Å². The molecule has 0 spiro atoms. The Morgan fingerprint density at radius 3 is 2.52 bits per heavy atom. The molecule has 0 aliphatic heterocycles. The molecular weight excluding hydrogens is 266 g/mol. The first-order valence-corrected chi connectivity index (χ1v) is 7.13. The normalized spacial score (nSPS) is 10.5. The molecule has 1 aromatic heterocycles. The first-order valence-electron chi connectivity index (χ1n) is 7.13. The number of pyridine rings is 1. The summed E-state index contributed by atoms with van der Waals surface area (Å²) in [5.74, 6) is 1.73. The van der Waals surface area contributed by atoms with Crippen LogP contribution >= 0.6 is 0 Å². The fraction of sp³-hybridized carbons (Fsp3) is 0.353. The van der Waals surface area contributed by atoms with Gasteiger partial charge in [0.15, 0.2) is 11.5 Å². The highest BCUT2D eigenvalue weighted by atomic mass is 16.5. The number of ether oxygens (including phenoxy) is 2. The van der Waals surface area contributed by atoms with Gasteiger partial charge < -0.3 is 14.6 Å². The zero-order valence-electron chi connectivity index (χ0n) is 12.7. The summed E-state index contributed by atoms with van der Waals surface area (Å²) in [6, 6.07) is 9.42. The van der Waals surface area contributed by atoms with Gasteiger partial charge in [-0.1, -0.05) is 19.1 Å². The maximum atomic E-state index is 9.53. The first kappa shape index (κ1) is 15.3. The second-order valence-corrected chi connectivity index (χ2v) is 4.92. The predicted octanol–water partition coefficient (Wildman–Crippen LogP) is 3.77. The van der Waals surface area contributed by atoms with Crippen molar-refractivity contribution in [2.75, 3.05) is 6.61 Å². The van der Waals surface area contributed by atoms with Crippen molar-refractivity contribution in [3.63, 3.8) is 0 Å². The van der Waals surface area contributed by atoms with E-state index in [9.17, 15) is 5.11 Å². The molecule has 0 bridgehead atoms. The van der Waals surface area contributed by atoms with Gasteiger partial charge in [0.2, 0.25) is 5.88 Å². The van der Waals surface area contributed by atoms with Crippen molar-refractivity contribution in [1.29, 1.82) is 0 Å². The zero-order chi connectivity index (χ0) is 15.2. The second kappa shape index (κ2) is 7.09. The molecule has 112 valence electrons. The van der Waals surface area contributed by atoms with E-state index < -0.39 is 0 Å². The summed E-state index contributed by atoms with van der Waals surface area (Å²) in [6.45, 7) is 6.42. The third-order valence-electron chi connectivity index (χ3n) is 3.11. The van der Waals surface area contributed by atoms with Crippen molar-refractivity contribution >= 4 is 0 Å². The second-order valence-electron chi connectivity index (χ2n) is 4.92. The highest BCUT2D eigenvalue weighted by molar-refractivity contribution is 5.44. The van der Waals surface area contributed by atoms with Crippen molar-refractivity contribution in [1.82, 2.24) is 4.98 Å². The van der Waals surface area contributed by atoms with Crippen LogP contribution in [0.3, 0.4) is 0 Å². The first-order chi connectivity index (χ1) is 10.2. The summed E-state index contributed by atoms with van der Waals surface area (Å²) in [4.78, 5) is 4.38. The molecule has 0 aliphatic carbocycles. The Hall–Kier alpha value is -2.07. The molecule has 1 heterocycles. The molecule has 0 aliphatic rings. The fourth-order valence-electron chi connectivity index (χ4n) is 2.08. The average Bonchev–Trinajstić information content (AvgIpc) is 2.46. The molecule has 0 radical (unpaired) electrons. The molecule has 0 saturated heterocycles. The van der Waals surface area contributed by atoms with Crippen LogP contribution in [-0.4, -0.2) is 16.7 Å². The van der Waals surface area contributed by atoms with Gasteiger partial charge in [-0.05, 0) is 44.0 Å². The lowest BCUT2D eigenvalue weighted by molar-refractivity contribution is 0.270. The molecule has 4 nitrogen and oxygen atoms in total. The minimum atomic E-state index is -0.105. The fourth-order valence-corrected chi connectivity index (χ4v) is 2.08. The van der Waals surface area contributed by atoms with Crippen molar-refractivity contribution in [3.8, 4) is 17.4 Å². The number of nitrogens with zero attached hydrogens (tertiary/aromatic N) is 1. The molecule has 1 aromatic carbocycles. The Morgan fingerprint density at radius 2 is 1.86 bits per heavy atom. The van der Waals surface area contributed by atoms with Crippen LogP contribution in [-0.2, 0) is 6.61 Å². The molecule has 21 heavy (non-hydrogen) atoms. The highest BCUT2D eigenvalue weighted by Gasteiger charge is 2.13. The molecule has 1 N–H and O–H groups in total. The monoisotopic (exact) mass is 287 g/mol. The predicted molar refractivity (Wildman–Crippen MR) is 81.9 cm³/mol. The third kappa shape index (κ3) is 3.73.